The van der Waals surface area contributed by atoms with Gasteiger partial charge in [0, 0.05) is 6.42 Å². The molecule has 0 aromatic carbocycles. The number of rotatable bonds is 3. The van der Waals surface area contributed by atoms with Crippen molar-refractivity contribution in [2.45, 2.75) is 13.3 Å². The molecule has 0 N–H and O–H groups in total. The third-order valence-corrected chi connectivity index (χ3v) is 1.82. The van der Waals surface area contributed by atoms with E-state index in [2.05, 4.69) is 0 Å². The van der Waals surface area contributed by atoms with Crippen molar-refractivity contribution < 1.29 is 8.42 Å². The van der Waals surface area contributed by atoms with Crippen molar-refractivity contribution >= 4 is 10.7 Å². The molecule has 0 aromatic heterocycles. The van der Waals surface area contributed by atoms with Crippen molar-refractivity contribution in [3.63, 3.8) is 0 Å². The maximum absolute atomic E-state index is 10.0. The molecule has 0 bridgehead atoms. The minimum Gasteiger partial charge on any atom is -0.232 e. The Bertz CT molecular complexity index is 172. The van der Waals surface area contributed by atoms with Crippen molar-refractivity contribution in [3.8, 4) is 6.07 Å². The van der Waals surface area contributed by atoms with Crippen LogP contribution in [0.5, 0.6) is 0 Å². The first-order valence-electron chi connectivity index (χ1n) is 2.65. The molecule has 3 nitrogen and oxygen atoms in total. The summed E-state index contributed by atoms with van der Waals surface area (Å²) in [4.78, 5) is 0. The van der Waals surface area contributed by atoms with Gasteiger partial charge in [-0.15, -0.1) is 0 Å². The Kier molecular flexibility index (Phi) is 4.06. The molecule has 0 fully saturated rings. The molecule has 9 heavy (non-hydrogen) atoms. The van der Waals surface area contributed by atoms with Gasteiger partial charge in [-0.05, 0) is 5.92 Å². The summed E-state index contributed by atoms with van der Waals surface area (Å²) in [6.45, 7) is 1.74. The monoisotopic (exact) mass is 147 g/mol. The summed E-state index contributed by atoms with van der Waals surface area (Å²) >= 11 is 0. The average Bonchev–Trinajstić information content (AvgIpc) is 1.63. The smallest absolute Gasteiger partial charge is 0.140 e. The van der Waals surface area contributed by atoms with E-state index in [0.29, 0.717) is 6.42 Å². The van der Waals surface area contributed by atoms with Crippen LogP contribution < -0.4 is 0 Å². The van der Waals surface area contributed by atoms with Crippen LogP contribution in [0.1, 0.15) is 13.3 Å². The van der Waals surface area contributed by atoms with Crippen molar-refractivity contribution in [1.29, 1.82) is 5.26 Å². The fourth-order valence-electron chi connectivity index (χ4n) is 0.475. The van der Waals surface area contributed by atoms with Crippen molar-refractivity contribution in [2.24, 2.45) is 5.92 Å². The number of nitriles is 1. The molecule has 4 heteroatoms. The molecule has 0 saturated carbocycles. The Balaban J connectivity index is 3.53. The summed E-state index contributed by atoms with van der Waals surface area (Å²) < 4.78 is 20.0. The summed E-state index contributed by atoms with van der Waals surface area (Å²) in [5, 5.41) is 8.10. The van der Waals surface area contributed by atoms with Crippen LogP contribution in [-0.2, 0) is 10.7 Å². The van der Waals surface area contributed by atoms with Crippen LogP contribution in [0.4, 0.5) is 0 Å². The lowest BCUT2D eigenvalue weighted by molar-refractivity contribution is 0.592. The quantitative estimate of drug-likeness (QED) is 0.578. The second kappa shape index (κ2) is 4.33. The zero-order chi connectivity index (χ0) is 7.28. The minimum atomic E-state index is -2.30. The molecule has 0 aliphatic heterocycles. The Labute approximate surface area is 56.2 Å². The first kappa shape index (κ1) is 8.44. The molecule has 52 valence electrons. The normalized spacial score (nSPS) is 13.0. The van der Waals surface area contributed by atoms with Gasteiger partial charge in [0.15, 0.2) is 0 Å². The Morgan fingerprint density at radius 2 is 2.22 bits per heavy atom. The lowest BCUT2D eigenvalue weighted by atomic mass is 10.2. The topological polar surface area (TPSA) is 57.9 Å². The molecule has 0 spiro atoms. The second-order valence-electron chi connectivity index (χ2n) is 1.98. The molecule has 0 aliphatic rings. The van der Waals surface area contributed by atoms with E-state index in [1.807, 2.05) is 6.07 Å². The number of nitrogens with zero attached hydrogens (tertiary/aromatic N) is 1. The average molecular weight is 147 g/mol. The predicted octanol–water partition coefficient (Wildman–Crippen LogP) is 0.148. The van der Waals surface area contributed by atoms with Gasteiger partial charge in [-0.2, -0.15) is 5.26 Å². The highest BCUT2D eigenvalue weighted by Gasteiger charge is 2.00. The zero-order valence-corrected chi connectivity index (χ0v) is 6.10. The van der Waals surface area contributed by atoms with Gasteiger partial charge in [-0.1, -0.05) is 6.92 Å². The van der Waals surface area contributed by atoms with E-state index in [1.54, 1.807) is 6.92 Å². The van der Waals surface area contributed by atoms with E-state index >= 15 is 0 Å². The lowest BCUT2D eigenvalue weighted by Gasteiger charge is -1.96. The first-order chi connectivity index (χ1) is 4.16. The predicted molar refractivity (Wildman–Crippen MR) is 34.6 cm³/mol. The number of hydrogen-bond donors (Lipinski definition) is 1. The van der Waals surface area contributed by atoms with Gasteiger partial charge in [-0.3, -0.25) is 0 Å². The Morgan fingerprint density at radius 3 is 2.56 bits per heavy atom. The third kappa shape index (κ3) is 5.31. The van der Waals surface area contributed by atoms with Gasteiger partial charge in [0.25, 0.3) is 0 Å². The van der Waals surface area contributed by atoms with E-state index in [0.717, 1.165) is 0 Å². The molecule has 0 radical (unpaired) electrons. The van der Waals surface area contributed by atoms with E-state index < -0.39 is 10.7 Å². The van der Waals surface area contributed by atoms with E-state index in [4.69, 9.17) is 5.26 Å². The molecule has 0 heterocycles. The molecule has 0 aliphatic carbocycles. The molecule has 0 amide bonds. The Hall–Kier alpha value is -0.560. The largest absolute Gasteiger partial charge is 0.232 e. The molecule has 0 aromatic rings. The van der Waals surface area contributed by atoms with Crippen LogP contribution in [0.15, 0.2) is 0 Å². The summed E-state index contributed by atoms with van der Waals surface area (Å²) in [7, 11) is -2.30. The molecular weight excluding hydrogens is 138 g/mol. The molecule has 0 rings (SSSR count). The van der Waals surface area contributed by atoms with Gasteiger partial charge in [0.2, 0.25) is 0 Å². The van der Waals surface area contributed by atoms with Crippen molar-refractivity contribution in [1.82, 2.24) is 0 Å². The highest BCUT2D eigenvalue weighted by atomic mass is 32.2. The second-order valence-corrected chi connectivity index (χ2v) is 3.01. The van der Waals surface area contributed by atoms with Gasteiger partial charge >= 0.3 is 0 Å². The SMILES string of the molecule is CC(CC#N)C[SH](=O)=O. The third-order valence-electron chi connectivity index (χ3n) is 0.900. The van der Waals surface area contributed by atoms with Gasteiger partial charge < -0.3 is 0 Å². The van der Waals surface area contributed by atoms with Crippen LogP contribution in [0.25, 0.3) is 0 Å². The molecule has 1 atom stereocenters. The highest BCUT2D eigenvalue weighted by molar-refractivity contribution is 7.72. The first-order valence-corrected chi connectivity index (χ1v) is 4.02. The fraction of sp³-hybridized carbons (Fsp3) is 0.800. The van der Waals surface area contributed by atoms with Crippen molar-refractivity contribution in [2.75, 3.05) is 5.75 Å². The molecule has 1 unspecified atom stereocenters. The van der Waals surface area contributed by atoms with Crippen molar-refractivity contribution in [3.05, 3.63) is 0 Å². The van der Waals surface area contributed by atoms with Gasteiger partial charge in [0.1, 0.15) is 10.7 Å². The summed E-state index contributed by atoms with van der Waals surface area (Å²) in [5.74, 6) is 0.110. The summed E-state index contributed by atoms with van der Waals surface area (Å²) in [6, 6.07) is 1.91. The van der Waals surface area contributed by atoms with Crippen LogP contribution in [-0.4, -0.2) is 14.2 Å². The highest BCUT2D eigenvalue weighted by Crippen LogP contribution is 1.98. The number of hydrogen-bond acceptors (Lipinski definition) is 3. The number of thiol groups is 1. The maximum atomic E-state index is 10.0. The summed E-state index contributed by atoms with van der Waals surface area (Å²) in [6.07, 6.45) is 0.323. The Morgan fingerprint density at radius 1 is 1.67 bits per heavy atom. The summed E-state index contributed by atoms with van der Waals surface area (Å²) in [5.41, 5.74) is 0. The van der Waals surface area contributed by atoms with E-state index in [9.17, 15) is 8.42 Å². The van der Waals surface area contributed by atoms with E-state index in [-0.39, 0.29) is 11.7 Å². The van der Waals surface area contributed by atoms with Crippen LogP contribution in [0, 0.1) is 17.2 Å². The molecule has 0 saturated heterocycles. The van der Waals surface area contributed by atoms with Crippen LogP contribution >= 0.6 is 0 Å². The maximum Gasteiger partial charge on any atom is 0.140 e. The minimum absolute atomic E-state index is 0.0175. The lowest BCUT2D eigenvalue weighted by Crippen LogP contribution is -2.00. The van der Waals surface area contributed by atoms with E-state index in [1.165, 1.54) is 0 Å². The zero-order valence-electron chi connectivity index (χ0n) is 5.20. The van der Waals surface area contributed by atoms with Crippen LogP contribution in [0.2, 0.25) is 0 Å². The van der Waals surface area contributed by atoms with Gasteiger partial charge in [-0.25, -0.2) is 8.42 Å². The molecular formula is C5H9NO2S. The van der Waals surface area contributed by atoms with Gasteiger partial charge in [0.05, 0.1) is 11.8 Å². The fourth-order valence-corrected chi connectivity index (χ4v) is 1.11. The van der Waals surface area contributed by atoms with Crippen LogP contribution in [0.3, 0.4) is 0 Å². The standard InChI is InChI=1S/C5H9NO2S/c1-5(2-3-6)4-9(7)8/h5,9H,2,4H2,1H3.